The van der Waals surface area contributed by atoms with Crippen LogP contribution in [0.3, 0.4) is 0 Å². The van der Waals surface area contributed by atoms with Crippen molar-refractivity contribution in [3.8, 4) is 57.1 Å². The highest BCUT2D eigenvalue weighted by Crippen LogP contribution is 2.51. The first-order valence-electron chi connectivity index (χ1n) is 42.1. The highest BCUT2D eigenvalue weighted by Gasteiger charge is 2.53. The number of nitrogens with two attached hydrogens (primary N) is 1. The minimum Gasteiger partial charge on any atom is -0.507 e. The molecule has 0 radical (unpaired) electrons. The Morgan fingerprint density at radius 1 is 0.646 bits per heavy atom. The third-order valence-corrected chi connectivity index (χ3v) is 24.1. The number of carboxylic acids is 1. The van der Waals surface area contributed by atoms with E-state index in [1.807, 2.05) is 13.8 Å². The van der Waals surface area contributed by atoms with Crippen molar-refractivity contribution in [3.63, 3.8) is 0 Å². The SMILES string of the molecule is CCCCCCCCCCNCCN[C@@]1(C)C[C@H](O[C@H]2[C@H](Oc3c4cc5cc3Oc3ccc(cc3Cl)[C@@H](O)[C@@H](NC(=O)[C@@H](CC(C)C)NC)C(=O)N[C@@H](CC(N)=O)C(=O)N[C@H]5C(=O)N[C@H]3C(=O)N[C@H](C(=O)N[C@H](C(=O)O)c5cc(O)c(CN[C@H]6C(O)O[C@H](CO)[C@@H](O)[C@@H]6O)c(O)c5-c5cc3ccc5O)[C@H](O)c3ccc(c(Cl)c3)O4)O[C@H](CO)[C@@H](O)[C@@H]2O)O[C@@H](C)[C@H]1O. The van der Waals surface area contributed by atoms with E-state index in [9.17, 15) is 85.9 Å². The molecule has 5 aromatic carbocycles. The number of aromatic hydroxyl groups is 3. The third kappa shape index (κ3) is 22.9. The molecule has 127 heavy (non-hydrogen) atoms. The Labute approximate surface area is 739 Å². The van der Waals surface area contributed by atoms with Gasteiger partial charge in [0.1, 0.15) is 108 Å². The molecule has 0 saturated carbocycles. The molecule has 7 amide bonds. The van der Waals surface area contributed by atoms with Gasteiger partial charge in [-0.1, -0.05) is 107 Å². The number of ether oxygens (including phenoxy) is 7. The number of carbonyl (C=O) groups excluding carboxylic acids is 7. The van der Waals surface area contributed by atoms with Crippen molar-refractivity contribution in [2.45, 2.75) is 252 Å². The van der Waals surface area contributed by atoms with Gasteiger partial charge in [-0.3, -0.25) is 33.6 Å². The fourth-order valence-electron chi connectivity index (χ4n) is 16.4. The molecule has 5 aromatic rings. The second-order valence-electron chi connectivity index (χ2n) is 33.2. The fourth-order valence-corrected chi connectivity index (χ4v) is 16.8. The number of carbonyl (C=O) groups is 8. The average Bonchev–Trinajstić information content (AvgIpc) is 0.763. The zero-order chi connectivity index (χ0) is 92.3. The van der Waals surface area contributed by atoms with Crippen molar-refractivity contribution in [3.05, 3.63) is 116 Å². The van der Waals surface area contributed by atoms with Crippen molar-refractivity contribution in [1.82, 2.24) is 53.2 Å². The maximum Gasteiger partial charge on any atom is 0.330 e. The number of hydrogen-bond acceptors (Lipinski definition) is 32. The van der Waals surface area contributed by atoms with E-state index in [1.54, 1.807) is 13.8 Å². The van der Waals surface area contributed by atoms with Crippen LogP contribution in [0.25, 0.3) is 11.1 Å². The van der Waals surface area contributed by atoms with Crippen molar-refractivity contribution in [2.24, 2.45) is 11.7 Å². The number of rotatable bonds is 30. The van der Waals surface area contributed by atoms with Gasteiger partial charge in [0.2, 0.25) is 53.4 Å². The van der Waals surface area contributed by atoms with Crippen molar-refractivity contribution >= 4 is 70.5 Å². The molecule has 40 nitrogen and oxygen atoms in total. The first-order chi connectivity index (χ1) is 60.4. The lowest BCUT2D eigenvalue weighted by molar-refractivity contribution is -0.334. The van der Waals surface area contributed by atoms with Crippen molar-refractivity contribution in [1.29, 1.82) is 0 Å². The number of amides is 7. The van der Waals surface area contributed by atoms with Crippen LogP contribution in [0.2, 0.25) is 10.0 Å². The Bertz CT molecular complexity index is 4770. The van der Waals surface area contributed by atoms with Gasteiger partial charge >= 0.3 is 5.97 Å². The largest absolute Gasteiger partial charge is 0.507 e. The summed E-state index contributed by atoms with van der Waals surface area (Å²) in [6, 6.07) is -4.21. The van der Waals surface area contributed by atoms with Crippen LogP contribution in [0.1, 0.15) is 169 Å². The van der Waals surface area contributed by atoms with Crippen molar-refractivity contribution in [2.75, 3.05) is 39.9 Å². The minimum absolute atomic E-state index is 0.130. The average molecular weight is 1820 g/mol. The Kier molecular flexibility index (Phi) is 33.4. The molecule has 0 spiro atoms. The second-order valence-corrected chi connectivity index (χ2v) is 34.0. The molecule has 8 heterocycles. The standard InChI is InChI=1S/C85H113Cl2N11O29/c1-7-8-9-10-11-12-13-14-21-90-22-23-92-85(5)32-58(121-37(4)75(85)111)126-74-72(110)70(108)56(35-100)125-84(74)127-73-53-28-41-29-54(73)123-52-20-17-40(27-46(52)87)67(105)64-81(117)96-62(82(118)119)43-30-50(102)44(33-91-65-71(109)69(107)55(34-99)124-83(65)120)68(106)59(43)42-25-38(15-18-49(42)101)60(78(114)98-64)95-79(115)61(41)94-77(113)48(31-57(88)103)93-80(116)63(97-76(112)47(89-6)24-36(2)3)66(104)39-16-19-51(122-53)45(86)26-39/h15-20,25-30,36-37,47-48,55-56,58,60-67,69-72,74-75,83-84,89-92,99-102,104-111,120H,7-14,21-24,31-35H2,1-6H3,(H2,88,103)(H,93,116)(H,94,113)(H,95,115)(H,96,117)(H,97,112)(H,98,114)(H,118,119)/t37-,47+,48-,55+,56+,58-,60+,61+,62-,63+,64-,65+,66+,67+,69+,70+,71+,72-,74+,75+,83?,84-,85-/m0/s1. The molecule has 1 unspecified atom stereocenters. The predicted octanol–water partition coefficient (Wildman–Crippen LogP) is 0.357. The number of unbranched alkanes of at least 4 members (excludes halogenated alkanes) is 7. The van der Waals surface area contributed by atoms with Crippen molar-refractivity contribution < 1.29 is 143 Å². The van der Waals surface area contributed by atoms with E-state index in [0.29, 0.717) is 13.1 Å². The van der Waals surface area contributed by atoms with Crippen LogP contribution in [-0.4, -0.2) is 268 Å². The molecule has 0 aliphatic carbocycles. The van der Waals surface area contributed by atoms with Gasteiger partial charge in [-0.05, 0) is 123 Å². The van der Waals surface area contributed by atoms with Gasteiger partial charge in [0.15, 0.2) is 36.2 Å². The number of phenols is 3. The summed E-state index contributed by atoms with van der Waals surface area (Å²) in [6.45, 7) is 8.04. The second kappa shape index (κ2) is 43.3. The first-order valence-corrected chi connectivity index (χ1v) is 42.8. The van der Waals surface area contributed by atoms with Crippen LogP contribution in [0.4, 0.5) is 0 Å². The number of primary amides is 1. The van der Waals surface area contributed by atoms with E-state index in [1.165, 1.54) is 38.4 Å². The van der Waals surface area contributed by atoms with Crippen LogP contribution in [0, 0.1) is 5.92 Å². The Balaban J connectivity index is 1.09. The van der Waals surface area contributed by atoms with E-state index in [-0.39, 0.29) is 35.6 Å². The van der Waals surface area contributed by atoms with Gasteiger partial charge in [-0.2, -0.15) is 0 Å². The number of aliphatic hydroxyl groups is 10. The summed E-state index contributed by atoms with van der Waals surface area (Å²) in [4.78, 5) is 120. The molecule has 3 saturated heterocycles. The number of aliphatic carboxylic acids is 1. The van der Waals surface area contributed by atoms with Crippen LogP contribution >= 0.6 is 23.2 Å². The molecular weight excluding hydrogens is 1710 g/mol. The van der Waals surface area contributed by atoms with E-state index < -0.39 is 297 Å². The maximum absolute atomic E-state index is 16.5. The van der Waals surface area contributed by atoms with Gasteiger partial charge < -0.3 is 164 Å². The number of nitrogens with one attached hydrogen (secondary N) is 10. The number of halogens is 2. The molecule has 13 rings (SSSR count). The monoisotopic (exact) mass is 1820 g/mol. The van der Waals surface area contributed by atoms with E-state index in [2.05, 4.69) is 60.1 Å². The molecule has 8 aliphatic heterocycles. The highest BCUT2D eigenvalue weighted by atomic mass is 35.5. The number of benzene rings is 5. The van der Waals surface area contributed by atoms with Crippen LogP contribution in [-0.2, 0) is 63.8 Å². The number of likely N-dealkylation sites (N-methyl/N-ethyl adjacent to an activating group) is 1. The van der Waals surface area contributed by atoms with Gasteiger partial charge in [0, 0.05) is 48.3 Å². The number of hydrogen-bond donors (Lipinski definition) is 25. The molecular formula is C85H113Cl2N11O29. The van der Waals surface area contributed by atoms with Gasteiger partial charge in [-0.15, -0.1) is 0 Å². The normalized spacial score (nSPS) is 29.5. The summed E-state index contributed by atoms with van der Waals surface area (Å²) in [5, 5.41) is 188. The Morgan fingerprint density at radius 3 is 1.86 bits per heavy atom. The summed E-state index contributed by atoms with van der Waals surface area (Å²) in [6.07, 6.45) is -16.9. The highest BCUT2D eigenvalue weighted by molar-refractivity contribution is 6.32. The van der Waals surface area contributed by atoms with Crippen LogP contribution in [0.5, 0.6) is 46.0 Å². The third-order valence-electron chi connectivity index (χ3n) is 23.5. The molecule has 8 aliphatic rings. The van der Waals surface area contributed by atoms with Gasteiger partial charge in [0.05, 0.1) is 59.5 Å². The Morgan fingerprint density at radius 2 is 1.24 bits per heavy atom. The molecule has 3 fully saturated rings. The zero-order valence-corrected chi connectivity index (χ0v) is 72.0. The van der Waals surface area contributed by atoms with Gasteiger partial charge in [-0.25, -0.2) is 4.79 Å². The molecule has 11 bridgehead atoms. The summed E-state index contributed by atoms with van der Waals surface area (Å²) in [5.74, 6) is -17.3. The summed E-state index contributed by atoms with van der Waals surface area (Å²) in [7, 11) is 1.46. The lowest BCUT2D eigenvalue weighted by atomic mass is 9.85. The molecule has 0 aromatic heterocycles. The number of aliphatic hydroxyl groups excluding tert-OH is 10. The lowest BCUT2D eigenvalue weighted by Gasteiger charge is -2.48. The molecule has 26 N–H and O–H groups in total. The Hall–Kier alpha value is -9.48. The lowest BCUT2D eigenvalue weighted by Crippen LogP contribution is -2.65. The van der Waals surface area contributed by atoms with Crippen LogP contribution < -0.4 is 73.1 Å². The fraction of sp³-hybridized carbons (Fsp3) is 0.553. The summed E-state index contributed by atoms with van der Waals surface area (Å²) in [5.41, 5.74) is 0.426. The number of fused-ring (bicyclic) bond motifs is 15. The van der Waals surface area contributed by atoms with Gasteiger partial charge in [0.25, 0.3) is 0 Å². The van der Waals surface area contributed by atoms with E-state index >= 15 is 24.0 Å². The quantitative estimate of drug-likeness (QED) is 0.0276. The zero-order valence-electron chi connectivity index (χ0n) is 70.4. The molecule has 23 atom stereocenters. The summed E-state index contributed by atoms with van der Waals surface area (Å²) < 4.78 is 44.8. The summed E-state index contributed by atoms with van der Waals surface area (Å²) >= 11 is 14.4. The maximum atomic E-state index is 16.5. The molecule has 42 heteroatoms. The first kappa shape index (κ1) is 98.1. The smallest absolute Gasteiger partial charge is 0.330 e. The van der Waals surface area contributed by atoms with E-state index in [4.69, 9.17) is 62.1 Å². The minimum atomic E-state index is -2.45. The topological polar surface area (TPSA) is 631 Å². The van der Waals surface area contributed by atoms with Crippen LogP contribution in [0.15, 0.2) is 72.8 Å². The number of phenolic OH excluding ortho intramolecular Hbond substituents is 3. The van der Waals surface area contributed by atoms with E-state index in [0.717, 1.165) is 99.3 Å². The predicted molar refractivity (Wildman–Crippen MR) is 449 cm³/mol. The molecule has 696 valence electrons. The number of carboxylic acid groups (broad SMARTS) is 1.